The van der Waals surface area contributed by atoms with Crippen molar-refractivity contribution in [1.82, 2.24) is 0 Å². The Kier molecular flexibility index (Phi) is 2.47. The van der Waals surface area contributed by atoms with E-state index < -0.39 is 0 Å². The zero-order valence-corrected chi connectivity index (χ0v) is 6.73. The van der Waals surface area contributed by atoms with Gasteiger partial charge in [-0.1, -0.05) is 6.07 Å². The third-order valence-corrected chi connectivity index (χ3v) is 1.45. The van der Waals surface area contributed by atoms with Crippen LogP contribution < -0.4 is 4.74 Å². The molecule has 60 valence electrons. The molecule has 1 aromatic carbocycles. The highest BCUT2D eigenvalue weighted by atomic mass is 19.1. The molecule has 1 aromatic rings. The maximum absolute atomic E-state index is 12.6. The van der Waals surface area contributed by atoms with Crippen molar-refractivity contribution >= 4 is 0 Å². The molecule has 1 nitrogen and oxygen atoms in total. The zero-order chi connectivity index (χ0) is 8.27. The van der Waals surface area contributed by atoms with E-state index in [1.54, 1.807) is 6.07 Å². The van der Waals surface area contributed by atoms with Gasteiger partial charge in [-0.2, -0.15) is 0 Å². The van der Waals surface area contributed by atoms with Crippen LogP contribution in [0.5, 0.6) is 5.75 Å². The van der Waals surface area contributed by atoms with E-state index in [1.807, 2.05) is 13.8 Å². The average molecular weight is 154 g/mol. The van der Waals surface area contributed by atoms with Gasteiger partial charge in [0.2, 0.25) is 0 Å². The Hall–Kier alpha value is -1.05. The molecule has 0 N–H and O–H groups in total. The maximum Gasteiger partial charge on any atom is 0.126 e. The van der Waals surface area contributed by atoms with Crippen LogP contribution in [0.3, 0.4) is 0 Å². The number of halogens is 1. The Morgan fingerprint density at radius 3 is 2.82 bits per heavy atom. The number of hydrogen-bond donors (Lipinski definition) is 0. The highest BCUT2D eigenvalue weighted by Gasteiger charge is 1.98. The van der Waals surface area contributed by atoms with Crippen molar-refractivity contribution in [2.75, 3.05) is 6.61 Å². The first-order chi connectivity index (χ1) is 5.24. The van der Waals surface area contributed by atoms with Crippen LogP contribution in [0.2, 0.25) is 0 Å². The summed E-state index contributed by atoms with van der Waals surface area (Å²) >= 11 is 0. The summed E-state index contributed by atoms with van der Waals surface area (Å²) < 4.78 is 17.8. The topological polar surface area (TPSA) is 9.23 Å². The molecule has 0 aromatic heterocycles. The molecule has 0 atom stereocenters. The fraction of sp³-hybridized carbons (Fsp3) is 0.333. The predicted molar refractivity (Wildman–Crippen MR) is 42.3 cm³/mol. The molecule has 0 heterocycles. The Morgan fingerprint density at radius 1 is 1.45 bits per heavy atom. The molecule has 0 aliphatic heterocycles. The minimum absolute atomic E-state index is 0.251. The molecule has 0 aliphatic carbocycles. The molecule has 11 heavy (non-hydrogen) atoms. The van der Waals surface area contributed by atoms with Crippen molar-refractivity contribution in [3.63, 3.8) is 0 Å². The van der Waals surface area contributed by atoms with Crippen LogP contribution in [0.15, 0.2) is 18.2 Å². The van der Waals surface area contributed by atoms with Crippen molar-refractivity contribution in [3.8, 4) is 5.75 Å². The molecular formula is C9H11FO. The molecule has 2 heteroatoms. The van der Waals surface area contributed by atoms with Crippen LogP contribution in [0.25, 0.3) is 0 Å². The van der Waals surface area contributed by atoms with Gasteiger partial charge < -0.3 is 4.74 Å². The number of rotatable bonds is 2. The monoisotopic (exact) mass is 154 g/mol. The van der Waals surface area contributed by atoms with Gasteiger partial charge in [0.15, 0.2) is 0 Å². The van der Waals surface area contributed by atoms with Crippen molar-refractivity contribution < 1.29 is 9.13 Å². The van der Waals surface area contributed by atoms with E-state index in [2.05, 4.69) is 0 Å². The van der Waals surface area contributed by atoms with Gasteiger partial charge in [-0.25, -0.2) is 4.39 Å². The lowest BCUT2D eigenvalue weighted by Crippen LogP contribution is -1.94. The summed E-state index contributed by atoms with van der Waals surface area (Å²) in [7, 11) is 0. The minimum atomic E-state index is -0.251. The molecule has 0 saturated carbocycles. The number of ether oxygens (including phenoxy) is 1. The predicted octanol–water partition coefficient (Wildman–Crippen LogP) is 2.53. The molecule has 0 amide bonds. The Labute approximate surface area is 65.8 Å². The molecule has 0 unspecified atom stereocenters. The summed E-state index contributed by atoms with van der Waals surface area (Å²) in [5.41, 5.74) is 0.966. The first-order valence-corrected chi connectivity index (χ1v) is 3.63. The van der Waals surface area contributed by atoms with Crippen molar-refractivity contribution in [1.29, 1.82) is 0 Å². The minimum Gasteiger partial charge on any atom is -0.494 e. The summed E-state index contributed by atoms with van der Waals surface area (Å²) in [5, 5.41) is 0. The van der Waals surface area contributed by atoms with Crippen LogP contribution in [0.4, 0.5) is 4.39 Å². The first kappa shape index (κ1) is 8.05. The van der Waals surface area contributed by atoms with Gasteiger partial charge >= 0.3 is 0 Å². The molecule has 0 saturated heterocycles. The van der Waals surface area contributed by atoms with Gasteiger partial charge in [-0.05, 0) is 25.5 Å². The Bertz CT molecular complexity index is 245. The molecule has 0 radical (unpaired) electrons. The van der Waals surface area contributed by atoms with E-state index in [-0.39, 0.29) is 5.82 Å². The van der Waals surface area contributed by atoms with Crippen LogP contribution in [0.1, 0.15) is 12.5 Å². The van der Waals surface area contributed by atoms with Gasteiger partial charge in [-0.3, -0.25) is 0 Å². The van der Waals surface area contributed by atoms with Crippen LogP contribution in [0, 0.1) is 12.7 Å². The lowest BCUT2D eigenvalue weighted by molar-refractivity contribution is 0.336. The first-order valence-electron chi connectivity index (χ1n) is 3.63. The smallest absolute Gasteiger partial charge is 0.126 e. The van der Waals surface area contributed by atoms with Crippen molar-refractivity contribution in [3.05, 3.63) is 29.6 Å². The normalized spacial score (nSPS) is 9.73. The van der Waals surface area contributed by atoms with E-state index in [9.17, 15) is 4.39 Å². The largest absolute Gasteiger partial charge is 0.494 e. The van der Waals surface area contributed by atoms with E-state index in [0.717, 1.165) is 5.56 Å². The summed E-state index contributed by atoms with van der Waals surface area (Å²) in [6.45, 7) is 4.35. The van der Waals surface area contributed by atoms with Gasteiger partial charge in [-0.15, -0.1) is 0 Å². The van der Waals surface area contributed by atoms with E-state index in [4.69, 9.17) is 4.74 Å². The highest BCUT2D eigenvalue weighted by molar-refractivity contribution is 5.32. The van der Waals surface area contributed by atoms with Gasteiger partial charge in [0, 0.05) is 6.07 Å². The maximum atomic E-state index is 12.6. The summed E-state index contributed by atoms with van der Waals surface area (Å²) in [4.78, 5) is 0. The van der Waals surface area contributed by atoms with Crippen LogP contribution in [-0.4, -0.2) is 6.61 Å². The SMILES string of the molecule is CCOc1cc(F)ccc1C. The summed E-state index contributed by atoms with van der Waals surface area (Å²) in [6, 6.07) is 4.54. The highest BCUT2D eigenvalue weighted by Crippen LogP contribution is 2.18. The fourth-order valence-corrected chi connectivity index (χ4v) is 0.885. The van der Waals surface area contributed by atoms with Crippen molar-refractivity contribution in [2.45, 2.75) is 13.8 Å². The quantitative estimate of drug-likeness (QED) is 0.636. The fourth-order valence-electron chi connectivity index (χ4n) is 0.885. The third kappa shape index (κ3) is 1.93. The van der Waals surface area contributed by atoms with Gasteiger partial charge in [0.25, 0.3) is 0 Å². The Balaban J connectivity index is 2.93. The second kappa shape index (κ2) is 3.37. The summed E-state index contributed by atoms with van der Waals surface area (Å²) in [6.07, 6.45) is 0. The molecule has 0 aliphatic rings. The third-order valence-electron chi connectivity index (χ3n) is 1.45. The average Bonchev–Trinajstić information content (AvgIpc) is 1.98. The van der Waals surface area contributed by atoms with Crippen LogP contribution >= 0.6 is 0 Å². The number of benzene rings is 1. The summed E-state index contributed by atoms with van der Waals surface area (Å²) in [5.74, 6) is 0.381. The molecule has 0 spiro atoms. The lowest BCUT2D eigenvalue weighted by Gasteiger charge is -2.05. The number of aryl methyl sites for hydroxylation is 1. The van der Waals surface area contributed by atoms with Gasteiger partial charge in [0.05, 0.1) is 6.61 Å². The van der Waals surface area contributed by atoms with E-state index in [1.165, 1.54) is 12.1 Å². The van der Waals surface area contributed by atoms with E-state index in [0.29, 0.717) is 12.4 Å². The molecule has 0 fully saturated rings. The molecule has 1 rings (SSSR count). The standard InChI is InChI=1S/C9H11FO/c1-3-11-9-6-8(10)5-4-7(9)2/h4-6H,3H2,1-2H3. The van der Waals surface area contributed by atoms with Crippen molar-refractivity contribution in [2.24, 2.45) is 0 Å². The molecular weight excluding hydrogens is 143 g/mol. The van der Waals surface area contributed by atoms with Gasteiger partial charge in [0.1, 0.15) is 11.6 Å². The van der Waals surface area contributed by atoms with Crippen LogP contribution in [-0.2, 0) is 0 Å². The molecule has 0 bridgehead atoms. The zero-order valence-electron chi connectivity index (χ0n) is 6.73. The second-order valence-corrected chi connectivity index (χ2v) is 2.34. The number of hydrogen-bond acceptors (Lipinski definition) is 1. The lowest BCUT2D eigenvalue weighted by atomic mass is 10.2. The Morgan fingerprint density at radius 2 is 2.18 bits per heavy atom. The second-order valence-electron chi connectivity index (χ2n) is 2.34. The van der Waals surface area contributed by atoms with E-state index >= 15 is 0 Å².